The van der Waals surface area contributed by atoms with Crippen molar-refractivity contribution in [2.45, 2.75) is 23.3 Å². The minimum Gasteiger partial charge on any atom is -0.268 e. The molecule has 2 amide bonds. The first kappa shape index (κ1) is 21.0. The molecule has 1 fully saturated rings. The molecule has 4 rings (SSSR count). The molecule has 1 heterocycles. The van der Waals surface area contributed by atoms with Crippen molar-refractivity contribution >= 4 is 40.7 Å². The monoisotopic (exact) mass is 442 g/mol. The van der Waals surface area contributed by atoms with Crippen LogP contribution in [0, 0.1) is 18.3 Å². The molecule has 31 heavy (non-hydrogen) atoms. The zero-order chi connectivity index (χ0) is 21.8. The Morgan fingerprint density at radius 2 is 1.61 bits per heavy atom. The van der Waals surface area contributed by atoms with Crippen molar-refractivity contribution in [2.24, 2.45) is 0 Å². The van der Waals surface area contributed by atoms with E-state index in [0.29, 0.717) is 16.0 Å². The molecular weight excluding hydrogens is 424 g/mol. The van der Waals surface area contributed by atoms with Gasteiger partial charge in [0.05, 0.1) is 23.1 Å². The third-order valence-electron chi connectivity index (χ3n) is 4.77. The predicted octanol–water partition coefficient (Wildman–Crippen LogP) is 6.25. The standard InChI is InChI=1S/C25H18N2O2S2/c1-17-6-10-21(11-7-17)30-22-12-8-18(9-13-22)14-23-24(28)27(25(29)31-23)16-20-5-3-2-4-19(20)15-26/h2-14H,16H2,1H3/b23-14-. The van der Waals surface area contributed by atoms with Crippen molar-refractivity contribution in [2.75, 3.05) is 0 Å². The average Bonchev–Trinajstić information content (AvgIpc) is 3.04. The van der Waals surface area contributed by atoms with Crippen molar-refractivity contribution in [1.82, 2.24) is 4.90 Å². The Labute approximate surface area is 189 Å². The number of benzene rings is 3. The summed E-state index contributed by atoms with van der Waals surface area (Å²) < 4.78 is 0. The molecule has 4 nitrogen and oxygen atoms in total. The average molecular weight is 443 g/mol. The van der Waals surface area contributed by atoms with E-state index in [2.05, 4.69) is 37.3 Å². The summed E-state index contributed by atoms with van der Waals surface area (Å²) in [5.41, 5.74) is 3.21. The van der Waals surface area contributed by atoms with Crippen molar-refractivity contribution in [3.05, 3.63) is 100.0 Å². The van der Waals surface area contributed by atoms with E-state index in [1.54, 1.807) is 42.1 Å². The number of nitriles is 1. The molecule has 0 spiro atoms. The fraction of sp³-hybridized carbons (Fsp3) is 0.0800. The molecule has 0 bridgehead atoms. The number of carbonyl (C=O) groups excluding carboxylic acids is 2. The summed E-state index contributed by atoms with van der Waals surface area (Å²) in [5.74, 6) is -0.333. The summed E-state index contributed by atoms with van der Waals surface area (Å²) in [6.07, 6.45) is 1.74. The molecule has 0 unspecified atom stereocenters. The number of thioether (sulfide) groups is 1. The Bertz CT molecular complexity index is 1210. The van der Waals surface area contributed by atoms with Crippen LogP contribution >= 0.6 is 23.5 Å². The summed E-state index contributed by atoms with van der Waals surface area (Å²) in [7, 11) is 0. The fourth-order valence-corrected chi connectivity index (χ4v) is 4.75. The summed E-state index contributed by atoms with van der Waals surface area (Å²) >= 11 is 2.60. The lowest BCUT2D eigenvalue weighted by molar-refractivity contribution is -0.123. The molecule has 1 saturated heterocycles. The van der Waals surface area contributed by atoms with Crippen LogP contribution in [0.4, 0.5) is 4.79 Å². The Morgan fingerprint density at radius 3 is 2.29 bits per heavy atom. The first-order chi connectivity index (χ1) is 15.0. The largest absolute Gasteiger partial charge is 0.293 e. The molecule has 0 aromatic heterocycles. The molecule has 152 valence electrons. The molecule has 1 aliphatic rings. The van der Waals surface area contributed by atoms with Gasteiger partial charge in [0.2, 0.25) is 0 Å². The van der Waals surface area contributed by atoms with Gasteiger partial charge in [0.25, 0.3) is 11.1 Å². The molecule has 3 aromatic rings. The van der Waals surface area contributed by atoms with Crippen LogP contribution in [-0.4, -0.2) is 16.0 Å². The second kappa shape index (κ2) is 9.25. The molecule has 0 aliphatic carbocycles. The predicted molar refractivity (Wildman–Crippen MR) is 124 cm³/mol. The Hall–Kier alpha value is -3.27. The number of nitrogens with zero attached hydrogens (tertiary/aromatic N) is 2. The Kier molecular flexibility index (Phi) is 6.26. The van der Waals surface area contributed by atoms with E-state index in [9.17, 15) is 14.9 Å². The minimum atomic E-state index is -0.333. The summed E-state index contributed by atoms with van der Waals surface area (Å²) in [6, 6.07) is 25.3. The van der Waals surface area contributed by atoms with Crippen molar-refractivity contribution in [3.8, 4) is 6.07 Å². The zero-order valence-electron chi connectivity index (χ0n) is 16.7. The number of rotatable bonds is 5. The number of carbonyl (C=O) groups is 2. The summed E-state index contributed by atoms with van der Waals surface area (Å²) in [6.45, 7) is 2.16. The van der Waals surface area contributed by atoms with Gasteiger partial charge in [-0.25, -0.2) is 0 Å². The van der Waals surface area contributed by atoms with E-state index >= 15 is 0 Å². The van der Waals surface area contributed by atoms with Crippen LogP contribution in [-0.2, 0) is 11.3 Å². The van der Waals surface area contributed by atoms with Gasteiger partial charge in [-0.2, -0.15) is 5.26 Å². The highest BCUT2D eigenvalue weighted by molar-refractivity contribution is 8.18. The minimum absolute atomic E-state index is 0.0951. The van der Waals surface area contributed by atoms with Crippen LogP contribution in [0.2, 0.25) is 0 Å². The molecule has 1 aliphatic heterocycles. The van der Waals surface area contributed by atoms with Crippen molar-refractivity contribution in [1.29, 1.82) is 5.26 Å². The molecule has 0 saturated carbocycles. The van der Waals surface area contributed by atoms with Gasteiger partial charge < -0.3 is 0 Å². The number of aryl methyl sites for hydroxylation is 1. The highest BCUT2D eigenvalue weighted by Crippen LogP contribution is 2.34. The lowest BCUT2D eigenvalue weighted by Crippen LogP contribution is -2.27. The highest BCUT2D eigenvalue weighted by Gasteiger charge is 2.35. The normalized spacial score (nSPS) is 14.8. The van der Waals surface area contributed by atoms with Gasteiger partial charge in [0.1, 0.15) is 0 Å². The SMILES string of the molecule is Cc1ccc(Sc2ccc(/C=C3\SC(=O)N(Cc4ccccc4C#N)C3=O)cc2)cc1. The van der Waals surface area contributed by atoms with Crippen LogP contribution in [0.1, 0.15) is 22.3 Å². The zero-order valence-corrected chi connectivity index (χ0v) is 18.4. The van der Waals surface area contributed by atoms with E-state index in [0.717, 1.165) is 27.1 Å². The maximum atomic E-state index is 12.8. The van der Waals surface area contributed by atoms with Crippen LogP contribution in [0.25, 0.3) is 6.08 Å². The third-order valence-corrected chi connectivity index (χ3v) is 6.70. The van der Waals surface area contributed by atoms with E-state index in [4.69, 9.17) is 0 Å². The number of hydrogen-bond acceptors (Lipinski definition) is 5. The van der Waals surface area contributed by atoms with Gasteiger partial charge in [-0.1, -0.05) is 59.8 Å². The maximum absolute atomic E-state index is 12.8. The fourth-order valence-electron chi connectivity index (χ4n) is 3.10. The van der Waals surface area contributed by atoms with Crippen LogP contribution < -0.4 is 0 Å². The smallest absolute Gasteiger partial charge is 0.268 e. The van der Waals surface area contributed by atoms with Gasteiger partial charge >= 0.3 is 0 Å². The van der Waals surface area contributed by atoms with Gasteiger partial charge in [0.15, 0.2) is 0 Å². The van der Waals surface area contributed by atoms with Crippen molar-refractivity contribution in [3.63, 3.8) is 0 Å². The summed E-state index contributed by atoms with van der Waals surface area (Å²) in [4.78, 5) is 29.0. The van der Waals surface area contributed by atoms with Crippen LogP contribution in [0.5, 0.6) is 0 Å². The summed E-state index contributed by atoms with van der Waals surface area (Å²) in [5, 5.41) is 8.92. The molecule has 0 N–H and O–H groups in total. The molecular formula is C25H18N2O2S2. The lowest BCUT2D eigenvalue weighted by Gasteiger charge is -2.13. The number of amides is 2. The Morgan fingerprint density at radius 1 is 0.968 bits per heavy atom. The first-order valence-electron chi connectivity index (χ1n) is 9.61. The first-order valence-corrected chi connectivity index (χ1v) is 11.2. The van der Waals surface area contributed by atoms with Crippen molar-refractivity contribution < 1.29 is 9.59 Å². The third kappa shape index (κ3) is 4.91. The number of hydrogen-bond donors (Lipinski definition) is 0. The highest BCUT2D eigenvalue weighted by atomic mass is 32.2. The van der Waals surface area contributed by atoms with E-state index in [-0.39, 0.29) is 17.7 Å². The van der Waals surface area contributed by atoms with Gasteiger partial charge in [-0.15, -0.1) is 0 Å². The molecule has 0 radical (unpaired) electrons. The second-order valence-electron chi connectivity index (χ2n) is 7.02. The topological polar surface area (TPSA) is 61.2 Å². The molecule has 0 atom stereocenters. The number of imide groups is 1. The van der Waals surface area contributed by atoms with Crippen LogP contribution in [0.15, 0.2) is 87.5 Å². The quantitative estimate of drug-likeness (QED) is 0.437. The van der Waals surface area contributed by atoms with Gasteiger partial charge in [-0.05, 0) is 66.2 Å². The molecule has 3 aromatic carbocycles. The Balaban J connectivity index is 1.47. The van der Waals surface area contributed by atoms with Gasteiger partial charge in [-0.3, -0.25) is 14.5 Å². The molecule has 6 heteroatoms. The van der Waals surface area contributed by atoms with Crippen LogP contribution in [0.3, 0.4) is 0 Å². The lowest BCUT2D eigenvalue weighted by atomic mass is 10.1. The van der Waals surface area contributed by atoms with Gasteiger partial charge in [0, 0.05) is 9.79 Å². The van der Waals surface area contributed by atoms with E-state index in [1.807, 2.05) is 24.3 Å². The maximum Gasteiger partial charge on any atom is 0.293 e. The van der Waals surface area contributed by atoms with E-state index in [1.165, 1.54) is 10.5 Å². The van der Waals surface area contributed by atoms with E-state index < -0.39 is 0 Å². The second-order valence-corrected chi connectivity index (χ2v) is 9.16.